The molecular weight excluding hydrogens is 380 g/mol. The molecule has 142 valence electrons. The minimum Gasteiger partial charge on any atom is -0.321 e. The molecule has 0 radical (unpaired) electrons. The maximum absolute atomic E-state index is 12.9. The van der Waals surface area contributed by atoms with Gasteiger partial charge < -0.3 is 5.32 Å². The van der Waals surface area contributed by atoms with Gasteiger partial charge in [0.2, 0.25) is 0 Å². The van der Waals surface area contributed by atoms with Crippen LogP contribution in [0.3, 0.4) is 0 Å². The van der Waals surface area contributed by atoms with Gasteiger partial charge in [-0.1, -0.05) is 72.8 Å². The van der Waals surface area contributed by atoms with Gasteiger partial charge in [-0.05, 0) is 24.6 Å². The summed E-state index contributed by atoms with van der Waals surface area (Å²) < 4.78 is 0. The number of benzene rings is 3. The number of amides is 1. The number of aromatic nitrogens is 1. The number of thiazole rings is 1. The first-order chi connectivity index (χ1) is 14.1. The second kappa shape index (κ2) is 8.20. The Morgan fingerprint density at radius 2 is 1.48 bits per heavy atom. The summed E-state index contributed by atoms with van der Waals surface area (Å²) in [5.41, 5.74) is 3.03. The number of nitrogens with zero attached hydrogens (tertiary/aromatic N) is 1. The summed E-state index contributed by atoms with van der Waals surface area (Å²) in [5, 5.41) is 3.70. The van der Waals surface area contributed by atoms with E-state index in [9.17, 15) is 9.59 Å². The van der Waals surface area contributed by atoms with E-state index in [4.69, 9.17) is 0 Å². The quantitative estimate of drug-likeness (QED) is 0.445. The highest BCUT2D eigenvalue weighted by Gasteiger charge is 2.19. The summed E-state index contributed by atoms with van der Waals surface area (Å²) >= 11 is 1.49. The molecule has 1 amide bonds. The van der Waals surface area contributed by atoms with Crippen molar-refractivity contribution in [3.05, 3.63) is 107 Å². The van der Waals surface area contributed by atoms with Crippen LogP contribution in [0.25, 0.3) is 10.4 Å². The molecule has 3 aromatic carbocycles. The molecule has 1 aromatic heterocycles. The Hall–Kier alpha value is -3.57. The van der Waals surface area contributed by atoms with Crippen LogP contribution in [0.15, 0.2) is 84.9 Å². The fourth-order valence-electron chi connectivity index (χ4n) is 3.05. The van der Waals surface area contributed by atoms with Crippen molar-refractivity contribution in [2.24, 2.45) is 0 Å². The maximum Gasteiger partial charge on any atom is 0.275 e. The molecule has 4 aromatic rings. The Morgan fingerprint density at radius 3 is 2.21 bits per heavy atom. The van der Waals surface area contributed by atoms with Gasteiger partial charge in [0, 0.05) is 16.8 Å². The van der Waals surface area contributed by atoms with Crippen LogP contribution in [-0.4, -0.2) is 16.7 Å². The van der Waals surface area contributed by atoms with Crippen LogP contribution in [0.5, 0.6) is 0 Å². The average molecular weight is 398 g/mol. The molecule has 0 aliphatic rings. The lowest BCUT2D eigenvalue weighted by atomic mass is 10.0. The molecule has 0 saturated carbocycles. The van der Waals surface area contributed by atoms with Crippen molar-refractivity contribution in [3.8, 4) is 10.4 Å². The van der Waals surface area contributed by atoms with Crippen LogP contribution in [-0.2, 0) is 0 Å². The van der Waals surface area contributed by atoms with Crippen molar-refractivity contribution in [3.63, 3.8) is 0 Å². The van der Waals surface area contributed by atoms with Crippen molar-refractivity contribution in [2.75, 3.05) is 5.32 Å². The molecule has 4 nitrogen and oxygen atoms in total. The summed E-state index contributed by atoms with van der Waals surface area (Å²) in [5.74, 6) is -0.381. The highest BCUT2D eigenvalue weighted by Crippen LogP contribution is 2.30. The van der Waals surface area contributed by atoms with Gasteiger partial charge in [-0.2, -0.15) is 0 Å². The zero-order valence-electron chi connectivity index (χ0n) is 15.8. The fraction of sp³-hybridized carbons (Fsp3) is 0.0417. The number of rotatable bonds is 5. The second-order valence-electron chi connectivity index (χ2n) is 6.51. The first kappa shape index (κ1) is 18.8. The van der Waals surface area contributed by atoms with Gasteiger partial charge in [-0.15, -0.1) is 11.3 Å². The fourth-order valence-corrected chi connectivity index (χ4v) is 3.97. The average Bonchev–Trinajstić information content (AvgIpc) is 3.16. The van der Waals surface area contributed by atoms with Gasteiger partial charge in [0.15, 0.2) is 5.78 Å². The van der Waals surface area contributed by atoms with E-state index in [0.29, 0.717) is 22.5 Å². The molecule has 0 fully saturated rings. The molecule has 0 saturated heterocycles. The SMILES string of the molecule is Cc1nc(C(=O)Nc2cccc(C(=O)c3ccccc3)c2)c(-c2ccccc2)s1. The lowest BCUT2D eigenvalue weighted by Crippen LogP contribution is -2.14. The Kier molecular flexibility index (Phi) is 5.31. The van der Waals surface area contributed by atoms with Crippen molar-refractivity contribution < 1.29 is 9.59 Å². The molecule has 1 N–H and O–H groups in total. The van der Waals surface area contributed by atoms with Crippen molar-refractivity contribution in [1.29, 1.82) is 0 Å². The summed E-state index contributed by atoms with van der Waals surface area (Å²) in [6.07, 6.45) is 0. The third kappa shape index (κ3) is 4.15. The zero-order chi connectivity index (χ0) is 20.2. The first-order valence-electron chi connectivity index (χ1n) is 9.16. The molecular formula is C24H18N2O2S. The number of carbonyl (C=O) groups excluding carboxylic acids is 2. The van der Waals surface area contributed by atoms with Gasteiger partial charge >= 0.3 is 0 Å². The minimum atomic E-state index is -0.294. The lowest BCUT2D eigenvalue weighted by molar-refractivity contribution is 0.101. The molecule has 29 heavy (non-hydrogen) atoms. The van der Waals surface area contributed by atoms with Gasteiger partial charge in [0.25, 0.3) is 5.91 Å². The summed E-state index contributed by atoms with van der Waals surface area (Å²) in [6, 6.07) is 25.8. The molecule has 5 heteroatoms. The lowest BCUT2D eigenvalue weighted by Gasteiger charge is -2.07. The molecule has 0 atom stereocenters. The molecule has 4 rings (SSSR count). The summed E-state index contributed by atoms with van der Waals surface area (Å²) in [4.78, 5) is 30.9. The van der Waals surface area contributed by atoms with Crippen LogP contribution >= 0.6 is 11.3 Å². The van der Waals surface area contributed by atoms with Crippen LogP contribution in [0, 0.1) is 6.92 Å². The van der Waals surface area contributed by atoms with Crippen molar-refractivity contribution in [2.45, 2.75) is 6.92 Å². The Morgan fingerprint density at radius 1 is 0.828 bits per heavy atom. The van der Waals surface area contributed by atoms with Gasteiger partial charge in [0.05, 0.1) is 9.88 Å². The van der Waals surface area contributed by atoms with E-state index in [-0.39, 0.29) is 11.7 Å². The van der Waals surface area contributed by atoms with Crippen LogP contribution in [0.2, 0.25) is 0 Å². The molecule has 0 unspecified atom stereocenters. The molecule has 0 spiro atoms. The Bertz CT molecular complexity index is 1170. The third-order valence-electron chi connectivity index (χ3n) is 4.40. The Labute approximate surface area is 172 Å². The number of hydrogen-bond acceptors (Lipinski definition) is 4. The van der Waals surface area contributed by atoms with E-state index in [0.717, 1.165) is 15.4 Å². The highest BCUT2D eigenvalue weighted by atomic mass is 32.1. The van der Waals surface area contributed by atoms with Gasteiger partial charge in [-0.3, -0.25) is 9.59 Å². The van der Waals surface area contributed by atoms with Crippen molar-refractivity contribution in [1.82, 2.24) is 4.98 Å². The topological polar surface area (TPSA) is 59.1 Å². The van der Waals surface area contributed by atoms with Gasteiger partial charge in [0.1, 0.15) is 5.69 Å². The normalized spacial score (nSPS) is 10.5. The Balaban J connectivity index is 1.60. The molecule has 1 heterocycles. The maximum atomic E-state index is 12.9. The number of hydrogen-bond donors (Lipinski definition) is 1. The van der Waals surface area contributed by atoms with E-state index in [1.807, 2.05) is 55.5 Å². The number of anilines is 1. The predicted octanol–water partition coefficient (Wildman–Crippen LogP) is 5.60. The molecule has 0 aliphatic carbocycles. The zero-order valence-corrected chi connectivity index (χ0v) is 16.6. The highest BCUT2D eigenvalue weighted by molar-refractivity contribution is 7.15. The monoisotopic (exact) mass is 398 g/mol. The number of ketones is 1. The van der Waals surface area contributed by atoms with Crippen molar-refractivity contribution >= 4 is 28.7 Å². The molecule has 0 bridgehead atoms. The number of nitrogens with one attached hydrogen (secondary N) is 1. The summed E-state index contributed by atoms with van der Waals surface area (Å²) in [7, 11) is 0. The van der Waals surface area contributed by atoms with Crippen LogP contribution in [0.1, 0.15) is 31.4 Å². The van der Waals surface area contributed by atoms with E-state index in [1.54, 1.807) is 36.4 Å². The van der Waals surface area contributed by atoms with Crippen LogP contribution < -0.4 is 5.32 Å². The number of aryl methyl sites for hydroxylation is 1. The van der Waals surface area contributed by atoms with Crippen LogP contribution in [0.4, 0.5) is 5.69 Å². The predicted molar refractivity (Wildman–Crippen MR) is 117 cm³/mol. The van der Waals surface area contributed by atoms with Gasteiger partial charge in [-0.25, -0.2) is 4.98 Å². The number of carbonyl (C=O) groups is 2. The standard InChI is InChI=1S/C24H18N2O2S/c1-16-25-21(23(29-16)18-11-6-3-7-12-18)24(28)26-20-14-8-13-19(15-20)22(27)17-9-4-2-5-10-17/h2-15H,1H3,(H,26,28). The minimum absolute atomic E-state index is 0.0869. The van der Waals surface area contributed by atoms with E-state index >= 15 is 0 Å². The van der Waals surface area contributed by atoms with E-state index < -0.39 is 0 Å². The first-order valence-corrected chi connectivity index (χ1v) is 9.97. The van der Waals surface area contributed by atoms with E-state index in [2.05, 4.69) is 10.3 Å². The molecule has 0 aliphatic heterocycles. The largest absolute Gasteiger partial charge is 0.321 e. The third-order valence-corrected chi connectivity index (χ3v) is 5.42. The summed E-state index contributed by atoms with van der Waals surface area (Å²) in [6.45, 7) is 1.88. The second-order valence-corrected chi connectivity index (χ2v) is 7.71. The smallest absolute Gasteiger partial charge is 0.275 e. The van der Waals surface area contributed by atoms with E-state index in [1.165, 1.54) is 11.3 Å².